The van der Waals surface area contributed by atoms with Crippen LogP contribution < -0.4 is 0 Å². The quantitative estimate of drug-likeness (QED) is 0.500. The van der Waals surface area contributed by atoms with Gasteiger partial charge in [0.15, 0.2) is 0 Å². The fraction of sp³-hybridized carbons (Fsp3) is 0.714. The van der Waals surface area contributed by atoms with Gasteiger partial charge in [-0.1, -0.05) is 17.7 Å². The van der Waals surface area contributed by atoms with Crippen LogP contribution in [0.4, 0.5) is 0 Å². The van der Waals surface area contributed by atoms with Crippen molar-refractivity contribution in [2.45, 2.75) is 50.9 Å². The van der Waals surface area contributed by atoms with Gasteiger partial charge in [-0.15, -0.1) is 0 Å². The zero-order valence-electron chi connectivity index (χ0n) is 10.1. The van der Waals surface area contributed by atoms with E-state index in [1.54, 1.807) is 0 Å². The number of rotatable bonds is 1. The molecule has 0 aromatic rings. The lowest BCUT2D eigenvalue weighted by Crippen LogP contribution is -2.39. The highest BCUT2D eigenvalue weighted by Gasteiger charge is 2.51. The molecule has 88 valence electrons. The normalized spacial score (nSPS) is 46.9. The largest absolute Gasteiger partial charge is 0.367 e. The predicted molar refractivity (Wildman–Crippen MR) is 63.3 cm³/mol. The molecule has 3 rings (SSSR count). The zero-order chi connectivity index (χ0) is 11.2. The maximum Gasteiger partial charge on any atom is 0.135 e. The maximum absolute atomic E-state index is 6.12. The Morgan fingerprint density at radius 1 is 1.44 bits per heavy atom. The molecule has 0 aromatic carbocycles. The van der Waals surface area contributed by atoms with Gasteiger partial charge in [-0.3, -0.25) is 0 Å². The van der Waals surface area contributed by atoms with Crippen molar-refractivity contribution >= 4 is 0 Å². The van der Waals surface area contributed by atoms with Crippen molar-refractivity contribution in [2.24, 2.45) is 5.92 Å². The van der Waals surface area contributed by atoms with Crippen LogP contribution in [0, 0.1) is 5.92 Å². The van der Waals surface area contributed by atoms with Gasteiger partial charge in [-0.2, -0.15) is 0 Å². The van der Waals surface area contributed by atoms with E-state index in [0.29, 0.717) is 5.92 Å². The Bertz CT molecular complexity index is 339. The SMILES string of the molecule is CC1=CCCCC1[C@H]1C=C[C@]2(CO2)[C@H](C)O1. The molecular weight excluding hydrogens is 200 g/mol. The molecule has 0 N–H and O–H groups in total. The highest BCUT2D eigenvalue weighted by molar-refractivity contribution is 5.22. The van der Waals surface area contributed by atoms with Crippen molar-refractivity contribution in [1.82, 2.24) is 0 Å². The monoisotopic (exact) mass is 220 g/mol. The third-order valence-electron chi connectivity index (χ3n) is 4.26. The van der Waals surface area contributed by atoms with E-state index in [1.807, 2.05) is 0 Å². The molecule has 1 aliphatic carbocycles. The summed E-state index contributed by atoms with van der Waals surface area (Å²) < 4.78 is 11.6. The summed E-state index contributed by atoms with van der Waals surface area (Å²) in [4.78, 5) is 0. The molecule has 1 spiro atoms. The summed E-state index contributed by atoms with van der Waals surface area (Å²) in [7, 11) is 0. The molecule has 0 bridgehead atoms. The molecule has 1 fully saturated rings. The van der Waals surface area contributed by atoms with Crippen molar-refractivity contribution in [2.75, 3.05) is 6.61 Å². The second kappa shape index (κ2) is 3.71. The summed E-state index contributed by atoms with van der Waals surface area (Å²) in [6.07, 6.45) is 11.1. The van der Waals surface area contributed by atoms with Crippen molar-refractivity contribution in [1.29, 1.82) is 0 Å². The van der Waals surface area contributed by atoms with E-state index in [0.717, 1.165) is 6.61 Å². The van der Waals surface area contributed by atoms with Crippen molar-refractivity contribution < 1.29 is 9.47 Å². The molecule has 1 saturated heterocycles. The van der Waals surface area contributed by atoms with E-state index < -0.39 is 0 Å². The Labute approximate surface area is 97.3 Å². The van der Waals surface area contributed by atoms with E-state index in [2.05, 4.69) is 32.1 Å². The van der Waals surface area contributed by atoms with Crippen LogP contribution in [0.25, 0.3) is 0 Å². The number of hydrogen-bond donors (Lipinski definition) is 0. The smallest absolute Gasteiger partial charge is 0.135 e. The lowest BCUT2D eigenvalue weighted by atomic mass is 9.82. The van der Waals surface area contributed by atoms with Gasteiger partial charge in [0.1, 0.15) is 5.60 Å². The van der Waals surface area contributed by atoms with Crippen LogP contribution in [0.3, 0.4) is 0 Å². The Morgan fingerprint density at radius 2 is 2.25 bits per heavy atom. The third kappa shape index (κ3) is 1.64. The van der Waals surface area contributed by atoms with Crippen LogP contribution >= 0.6 is 0 Å². The zero-order valence-corrected chi connectivity index (χ0v) is 10.1. The molecule has 0 amide bonds. The first kappa shape index (κ1) is 10.5. The average molecular weight is 220 g/mol. The highest BCUT2D eigenvalue weighted by Crippen LogP contribution is 2.41. The molecule has 16 heavy (non-hydrogen) atoms. The molecule has 2 nitrogen and oxygen atoms in total. The molecular formula is C14H20O2. The summed E-state index contributed by atoms with van der Waals surface area (Å²) in [5.41, 5.74) is 1.43. The third-order valence-corrected chi connectivity index (χ3v) is 4.26. The van der Waals surface area contributed by atoms with E-state index in [9.17, 15) is 0 Å². The summed E-state index contributed by atoms with van der Waals surface area (Å²) >= 11 is 0. The van der Waals surface area contributed by atoms with Crippen molar-refractivity contribution in [3.05, 3.63) is 23.8 Å². The van der Waals surface area contributed by atoms with E-state index in [4.69, 9.17) is 9.47 Å². The van der Waals surface area contributed by atoms with E-state index >= 15 is 0 Å². The Hall–Kier alpha value is -0.600. The van der Waals surface area contributed by atoms with Gasteiger partial charge in [-0.05, 0) is 39.2 Å². The highest BCUT2D eigenvalue weighted by atomic mass is 16.6. The number of ether oxygens (including phenoxy) is 2. The van der Waals surface area contributed by atoms with Crippen LogP contribution in [-0.4, -0.2) is 24.4 Å². The lowest BCUT2D eigenvalue weighted by molar-refractivity contribution is -0.0420. The summed E-state index contributed by atoms with van der Waals surface area (Å²) in [5, 5.41) is 0. The Morgan fingerprint density at radius 3 is 2.88 bits per heavy atom. The molecule has 0 saturated carbocycles. The molecule has 4 atom stereocenters. The van der Waals surface area contributed by atoms with Gasteiger partial charge in [0.05, 0.1) is 18.8 Å². The first-order valence-corrected chi connectivity index (χ1v) is 6.37. The van der Waals surface area contributed by atoms with Crippen LogP contribution in [-0.2, 0) is 9.47 Å². The van der Waals surface area contributed by atoms with Crippen molar-refractivity contribution in [3.8, 4) is 0 Å². The molecule has 0 aromatic heterocycles. The molecule has 1 unspecified atom stereocenters. The summed E-state index contributed by atoms with van der Waals surface area (Å²) in [5.74, 6) is 0.587. The van der Waals surface area contributed by atoms with Crippen LogP contribution in [0.15, 0.2) is 23.8 Å². The van der Waals surface area contributed by atoms with E-state index in [-0.39, 0.29) is 17.8 Å². The fourth-order valence-corrected chi connectivity index (χ4v) is 2.90. The first-order valence-electron chi connectivity index (χ1n) is 6.37. The van der Waals surface area contributed by atoms with Crippen LogP contribution in [0.2, 0.25) is 0 Å². The molecule has 2 aliphatic heterocycles. The number of epoxide rings is 1. The number of hydrogen-bond acceptors (Lipinski definition) is 2. The van der Waals surface area contributed by atoms with Crippen LogP contribution in [0.5, 0.6) is 0 Å². The van der Waals surface area contributed by atoms with Gasteiger partial charge in [0.2, 0.25) is 0 Å². The topological polar surface area (TPSA) is 21.8 Å². The second-order valence-electron chi connectivity index (χ2n) is 5.33. The van der Waals surface area contributed by atoms with Gasteiger partial charge < -0.3 is 9.47 Å². The second-order valence-corrected chi connectivity index (χ2v) is 5.33. The minimum atomic E-state index is -0.0667. The van der Waals surface area contributed by atoms with E-state index in [1.165, 1.54) is 24.8 Å². The van der Waals surface area contributed by atoms with Crippen molar-refractivity contribution in [3.63, 3.8) is 0 Å². The number of allylic oxidation sites excluding steroid dienone is 1. The van der Waals surface area contributed by atoms with Gasteiger partial charge in [0, 0.05) is 5.92 Å². The average Bonchev–Trinajstić information content (AvgIpc) is 3.05. The Kier molecular flexibility index (Phi) is 2.45. The lowest BCUT2D eigenvalue weighted by Gasteiger charge is -2.35. The Balaban J connectivity index is 1.76. The standard InChI is InChI=1S/C14H20O2/c1-10-5-3-4-6-12(10)13-7-8-14(9-15-14)11(2)16-13/h5,7-8,11-13H,3-4,6,9H2,1-2H3/t11-,12?,13+,14-/m0/s1. The van der Waals surface area contributed by atoms with Crippen LogP contribution in [0.1, 0.15) is 33.1 Å². The first-order chi connectivity index (χ1) is 7.71. The van der Waals surface area contributed by atoms with Gasteiger partial charge in [0.25, 0.3) is 0 Å². The molecule has 2 heterocycles. The fourth-order valence-electron chi connectivity index (χ4n) is 2.90. The summed E-state index contributed by atoms with van der Waals surface area (Å²) in [6.45, 7) is 5.20. The molecule has 0 radical (unpaired) electrons. The minimum absolute atomic E-state index is 0.0667. The summed E-state index contributed by atoms with van der Waals surface area (Å²) in [6, 6.07) is 0. The molecule has 2 heteroatoms. The maximum atomic E-state index is 6.12. The molecule has 3 aliphatic rings. The predicted octanol–water partition coefficient (Wildman–Crippen LogP) is 2.85. The van der Waals surface area contributed by atoms with Gasteiger partial charge in [-0.25, -0.2) is 0 Å². The minimum Gasteiger partial charge on any atom is -0.367 e. The van der Waals surface area contributed by atoms with Gasteiger partial charge >= 0.3 is 0 Å².